The molecule has 0 aliphatic rings. The van der Waals surface area contributed by atoms with E-state index in [-0.39, 0.29) is 5.82 Å². The number of pyridine rings is 1. The third-order valence-electron chi connectivity index (χ3n) is 2.56. The number of hydrogen-bond donors (Lipinski definition) is 1. The molecule has 0 saturated heterocycles. The second-order valence-corrected chi connectivity index (χ2v) is 3.84. The van der Waals surface area contributed by atoms with Crippen molar-refractivity contribution in [3.8, 4) is 0 Å². The SMILES string of the molecule is Fc1ccccc1CCNCc1ccccn1. The molecule has 2 rings (SSSR count). The molecule has 2 nitrogen and oxygen atoms in total. The van der Waals surface area contributed by atoms with Crippen LogP contribution in [0.5, 0.6) is 0 Å². The first-order valence-electron chi connectivity index (χ1n) is 5.70. The Morgan fingerprint density at radius 3 is 2.65 bits per heavy atom. The minimum absolute atomic E-state index is 0.132. The summed E-state index contributed by atoms with van der Waals surface area (Å²) in [4.78, 5) is 4.20. The first-order valence-corrected chi connectivity index (χ1v) is 5.70. The van der Waals surface area contributed by atoms with Crippen LogP contribution in [0.25, 0.3) is 0 Å². The molecular formula is C14H15FN2. The molecule has 1 aromatic heterocycles. The molecule has 0 spiro atoms. The molecule has 1 N–H and O–H groups in total. The summed E-state index contributed by atoms with van der Waals surface area (Å²) in [6.45, 7) is 1.47. The third-order valence-corrected chi connectivity index (χ3v) is 2.56. The first kappa shape index (κ1) is 11.7. The maximum Gasteiger partial charge on any atom is 0.126 e. The molecule has 2 aromatic rings. The average Bonchev–Trinajstić information content (AvgIpc) is 2.38. The molecule has 1 aromatic carbocycles. The molecule has 88 valence electrons. The highest BCUT2D eigenvalue weighted by Crippen LogP contribution is 2.06. The maximum absolute atomic E-state index is 13.3. The van der Waals surface area contributed by atoms with Crippen LogP contribution in [0.15, 0.2) is 48.7 Å². The normalized spacial score (nSPS) is 10.4. The fourth-order valence-corrected chi connectivity index (χ4v) is 1.64. The summed E-state index contributed by atoms with van der Waals surface area (Å²) < 4.78 is 13.3. The third kappa shape index (κ3) is 3.64. The van der Waals surface area contributed by atoms with Crippen molar-refractivity contribution in [1.29, 1.82) is 0 Å². The molecule has 0 aliphatic heterocycles. The van der Waals surface area contributed by atoms with Gasteiger partial charge in [0.15, 0.2) is 0 Å². The number of nitrogens with one attached hydrogen (secondary N) is 1. The van der Waals surface area contributed by atoms with Crippen LogP contribution in [0, 0.1) is 5.82 Å². The quantitative estimate of drug-likeness (QED) is 0.798. The highest BCUT2D eigenvalue weighted by molar-refractivity contribution is 5.17. The Hall–Kier alpha value is -1.74. The zero-order chi connectivity index (χ0) is 11.9. The molecule has 1 heterocycles. The fraction of sp³-hybridized carbons (Fsp3) is 0.214. The Morgan fingerprint density at radius 2 is 1.88 bits per heavy atom. The van der Waals surface area contributed by atoms with Crippen molar-refractivity contribution in [3.63, 3.8) is 0 Å². The topological polar surface area (TPSA) is 24.9 Å². The van der Waals surface area contributed by atoms with Crippen molar-refractivity contribution in [2.24, 2.45) is 0 Å². The summed E-state index contributed by atoms with van der Waals surface area (Å²) in [5.74, 6) is -0.132. The fourth-order valence-electron chi connectivity index (χ4n) is 1.64. The molecule has 3 heteroatoms. The Bertz CT molecular complexity index is 457. The van der Waals surface area contributed by atoms with Crippen molar-refractivity contribution in [2.45, 2.75) is 13.0 Å². The van der Waals surface area contributed by atoms with Crippen LogP contribution >= 0.6 is 0 Å². The lowest BCUT2D eigenvalue weighted by molar-refractivity contribution is 0.596. The smallest absolute Gasteiger partial charge is 0.126 e. The standard InChI is InChI=1S/C14H15FN2/c15-14-7-2-1-5-12(14)8-10-16-11-13-6-3-4-9-17-13/h1-7,9,16H,8,10-11H2. The van der Waals surface area contributed by atoms with Gasteiger partial charge in [-0.25, -0.2) is 4.39 Å². The maximum atomic E-state index is 13.3. The number of aromatic nitrogens is 1. The zero-order valence-electron chi connectivity index (χ0n) is 9.57. The van der Waals surface area contributed by atoms with E-state index in [0.29, 0.717) is 6.42 Å². The van der Waals surface area contributed by atoms with Crippen LogP contribution in [0.3, 0.4) is 0 Å². The van der Waals surface area contributed by atoms with Gasteiger partial charge in [0.25, 0.3) is 0 Å². The van der Waals surface area contributed by atoms with Gasteiger partial charge in [-0.3, -0.25) is 4.98 Å². The monoisotopic (exact) mass is 230 g/mol. The van der Waals surface area contributed by atoms with Gasteiger partial charge < -0.3 is 5.32 Å². The van der Waals surface area contributed by atoms with Crippen LogP contribution in [0.4, 0.5) is 4.39 Å². The minimum Gasteiger partial charge on any atom is -0.311 e. The number of halogens is 1. The van der Waals surface area contributed by atoms with Crippen molar-refractivity contribution in [2.75, 3.05) is 6.54 Å². The second kappa shape index (κ2) is 6.11. The molecule has 17 heavy (non-hydrogen) atoms. The van der Waals surface area contributed by atoms with Crippen LogP contribution < -0.4 is 5.32 Å². The van der Waals surface area contributed by atoms with E-state index in [0.717, 1.165) is 24.3 Å². The van der Waals surface area contributed by atoms with Crippen molar-refractivity contribution < 1.29 is 4.39 Å². The summed E-state index contributed by atoms with van der Waals surface area (Å²) in [5, 5.41) is 3.25. The number of hydrogen-bond acceptors (Lipinski definition) is 2. The van der Waals surface area contributed by atoms with Gasteiger partial charge in [0.05, 0.1) is 5.69 Å². The van der Waals surface area contributed by atoms with Gasteiger partial charge in [0.1, 0.15) is 5.82 Å². The van der Waals surface area contributed by atoms with Crippen molar-refractivity contribution >= 4 is 0 Å². The Kier molecular flexibility index (Phi) is 4.22. The number of nitrogens with zero attached hydrogens (tertiary/aromatic N) is 1. The van der Waals surface area contributed by atoms with Gasteiger partial charge in [0.2, 0.25) is 0 Å². The highest BCUT2D eigenvalue weighted by Gasteiger charge is 1.99. The van der Waals surface area contributed by atoms with Crippen LogP contribution in [-0.2, 0) is 13.0 Å². The predicted molar refractivity (Wildman–Crippen MR) is 66.0 cm³/mol. The van der Waals surface area contributed by atoms with E-state index in [2.05, 4.69) is 10.3 Å². The van der Waals surface area contributed by atoms with Gasteiger partial charge >= 0.3 is 0 Å². The Labute approximate surface area is 101 Å². The Morgan fingerprint density at radius 1 is 1.06 bits per heavy atom. The molecule has 0 bridgehead atoms. The van der Waals surface area contributed by atoms with Crippen molar-refractivity contribution in [1.82, 2.24) is 10.3 Å². The molecule has 0 unspecified atom stereocenters. The van der Waals surface area contributed by atoms with Gasteiger partial charge in [-0.15, -0.1) is 0 Å². The zero-order valence-corrected chi connectivity index (χ0v) is 9.57. The predicted octanol–water partition coefficient (Wildman–Crippen LogP) is 2.55. The molecular weight excluding hydrogens is 215 g/mol. The largest absolute Gasteiger partial charge is 0.311 e. The molecule has 0 aliphatic carbocycles. The summed E-state index contributed by atoms with van der Waals surface area (Å²) >= 11 is 0. The molecule has 0 atom stereocenters. The van der Waals surface area contributed by atoms with E-state index in [1.807, 2.05) is 30.3 Å². The van der Waals surface area contributed by atoms with Crippen LogP contribution in [0.1, 0.15) is 11.3 Å². The van der Waals surface area contributed by atoms with Crippen LogP contribution in [-0.4, -0.2) is 11.5 Å². The highest BCUT2D eigenvalue weighted by atomic mass is 19.1. The average molecular weight is 230 g/mol. The molecule has 0 fully saturated rings. The van der Waals surface area contributed by atoms with E-state index >= 15 is 0 Å². The van der Waals surface area contributed by atoms with Gasteiger partial charge in [0, 0.05) is 12.7 Å². The van der Waals surface area contributed by atoms with Gasteiger partial charge in [-0.05, 0) is 36.7 Å². The first-order chi connectivity index (χ1) is 8.36. The number of rotatable bonds is 5. The lowest BCUT2D eigenvalue weighted by atomic mass is 10.1. The van der Waals surface area contributed by atoms with E-state index < -0.39 is 0 Å². The van der Waals surface area contributed by atoms with Gasteiger partial charge in [-0.1, -0.05) is 24.3 Å². The lowest BCUT2D eigenvalue weighted by Gasteiger charge is -2.05. The lowest BCUT2D eigenvalue weighted by Crippen LogP contribution is -2.17. The van der Waals surface area contributed by atoms with Crippen LogP contribution in [0.2, 0.25) is 0 Å². The summed E-state index contributed by atoms with van der Waals surface area (Å²) in [7, 11) is 0. The van der Waals surface area contributed by atoms with Gasteiger partial charge in [-0.2, -0.15) is 0 Å². The summed E-state index contributed by atoms with van der Waals surface area (Å²) in [5.41, 5.74) is 1.75. The van der Waals surface area contributed by atoms with E-state index in [1.54, 1.807) is 12.3 Å². The second-order valence-electron chi connectivity index (χ2n) is 3.84. The summed E-state index contributed by atoms with van der Waals surface area (Å²) in [6, 6.07) is 12.7. The molecule has 0 amide bonds. The van der Waals surface area contributed by atoms with Crippen molar-refractivity contribution in [3.05, 3.63) is 65.7 Å². The van der Waals surface area contributed by atoms with E-state index in [1.165, 1.54) is 6.07 Å². The molecule has 0 radical (unpaired) electrons. The number of benzene rings is 1. The summed E-state index contributed by atoms with van der Waals surface area (Å²) in [6.07, 6.45) is 2.47. The Balaban J connectivity index is 1.76. The molecule has 0 saturated carbocycles. The van der Waals surface area contributed by atoms with E-state index in [9.17, 15) is 4.39 Å². The van der Waals surface area contributed by atoms with E-state index in [4.69, 9.17) is 0 Å². The minimum atomic E-state index is -0.132.